The zero-order valence-electron chi connectivity index (χ0n) is 30.4. The van der Waals surface area contributed by atoms with Gasteiger partial charge in [-0.05, 0) is 114 Å². The Morgan fingerprint density at radius 3 is 1.08 bits per heavy atom. The number of urea groups is 2. The van der Waals surface area contributed by atoms with Crippen LogP contribution >= 0.6 is 0 Å². The van der Waals surface area contributed by atoms with E-state index in [-0.39, 0.29) is 12.1 Å². The second-order valence-corrected chi connectivity index (χ2v) is 14.5. The molecule has 8 aromatic carbocycles. The summed E-state index contributed by atoms with van der Waals surface area (Å²) in [6, 6.07) is 39.6. The zero-order valence-corrected chi connectivity index (χ0v) is 30.4. The summed E-state index contributed by atoms with van der Waals surface area (Å²) < 4.78 is 0. The van der Waals surface area contributed by atoms with Crippen LogP contribution in [0, 0.1) is 0 Å². The van der Waals surface area contributed by atoms with E-state index < -0.39 is 0 Å². The van der Waals surface area contributed by atoms with Crippen LogP contribution in [0.25, 0.3) is 64.6 Å². The highest BCUT2D eigenvalue weighted by Gasteiger charge is 2.12. The molecular weight excluding hydrogens is 653 g/mol. The van der Waals surface area contributed by atoms with Crippen LogP contribution in [0.2, 0.25) is 0 Å². The summed E-state index contributed by atoms with van der Waals surface area (Å²) in [7, 11) is 0. The van der Waals surface area contributed by atoms with E-state index in [1.807, 2.05) is 0 Å². The summed E-state index contributed by atoms with van der Waals surface area (Å²) >= 11 is 0. The van der Waals surface area contributed by atoms with Crippen molar-refractivity contribution in [2.45, 2.75) is 57.8 Å². The lowest BCUT2D eigenvalue weighted by molar-refractivity contribution is 0.240. The van der Waals surface area contributed by atoms with Crippen LogP contribution in [0.1, 0.15) is 56.1 Å². The quantitative estimate of drug-likeness (QED) is 0.0598. The molecule has 6 heteroatoms. The van der Waals surface area contributed by atoms with Gasteiger partial charge < -0.3 is 21.3 Å². The second kappa shape index (κ2) is 16.0. The molecule has 0 heterocycles. The Labute approximate surface area is 311 Å². The van der Waals surface area contributed by atoms with Crippen molar-refractivity contribution in [1.29, 1.82) is 0 Å². The number of carbonyl (C=O) groups is 2. The highest BCUT2D eigenvalue weighted by atomic mass is 16.2. The molecule has 0 aliphatic carbocycles. The fraction of sp³-hybridized carbons (Fsp3) is 0.277. The van der Waals surface area contributed by atoms with Gasteiger partial charge in [-0.1, -0.05) is 128 Å². The first kappa shape index (κ1) is 34.5. The van der Waals surface area contributed by atoms with E-state index in [0.717, 1.165) is 57.8 Å². The molecule has 0 aliphatic heterocycles. The van der Waals surface area contributed by atoms with E-state index in [9.17, 15) is 9.59 Å². The molecule has 4 amide bonds. The summed E-state index contributed by atoms with van der Waals surface area (Å²) in [5.74, 6) is 0. The normalized spacial score (nSPS) is 11.8. The molecule has 53 heavy (non-hydrogen) atoms. The van der Waals surface area contributed by atoms with Gasteiger partial charge in [-0.2, -0.15) is 0 Å². The second-order valence-electron chi connectivity index (χ2n) is 14.5. The molecule has 8 rings (SSSR count). The van der Waals surface area contributed by atoms with Crippen molar-refractivity contribution in [2.24, 2.45) is 0 Å². The van der Waals surface area contributed by atoms with Gasteiger partial charge in [-0.25, -0.2) is 9.59 Å². The maximum atomic E-state index is 12.3. The van der Waals surface area contributed by atoms with Crippen molar-refractivity contribution in [3.63, 3.8) is 0 Å². The molecule has 8 aromatic rings. The van der Waals surface area contributed by atoms with Crippen LogP contribution in [-0.2, 0) is 12.8 Å². The van der Waals surface area contributed by atoms with Gasteiger partial charge in [0.2, 0.25) is 0 Å². The first-order chi connectivity index (χ1) is 26.1. The molecule has 6 nitrogen and oxygen atoms in total. The van der Waals surface area contributed by atoms with Crippen LogP contribution in [0.4, 0.5) is 9.59 Å². The lowest BCUT2D eigenvalue weighted by Crippen LogP contribution is -2.36. The van der Waals surface area contributed by atoms with Crippen molar-refractivity contribution in [3.8, 4) is 0 Å². The summed E-state index contributed by atoms with van der Waals surface area (Å²) in [5.41, 5.74) is 2.67. The third-order valence-electron chi connectivity index (χ3n) is 11.0. The molecule has 0 fully saturated rings. The number of nitrogens with one attached hydrogen (secondary N) is 4. The number of carbonyl (C=O) groups excluding carboxylic acids is 2. The third kappa shape index (κ3) is 7.50. The highest BCUT2D eigenvalue weighted by Crippen LogP contribution is 2.37. The third-order valence-corrected chi connectivity index (χ3v) is 11.0. The zero-order chi connectivity index (χ0) is 36.0. The van der Waals surface area contributed by atoms with Gasteiger partial charge in [0.25, 0.3) is 0 Å². The molecule has 0 saturated carbocycles. The van der Waals surface area contributed by atoms with Crippen molar-refractivity contribution >= 4 is 76.7 Å². The summed E-state index contributed by atoms with van der Waals surface area (Å²) in [5, 5.41) is 27.8. The van der Waals surface area contributed by atoms with Gasteiger partial charge >= 0.3 is 12.1 Å². The number of unbranched alkanes of at least 4 members (excludes halogenated alkanes) is 4. The van der Waals surface area contributed by atoms with Crippen molar-refractivity contribution < 1.29 is 9.59 Å². The van der Waals surface area contributed by atoms with Gasteiger partial charge in [-0.3, -0.25) is 0 Å². The molecule has 0 aromatic heterocycles. The SMILES string of the molecule is O=C(NCCCCCCCNC(=O)NCCCc1ccc2ccc3cccc4ccc1c2c34)NCCCc1ccc2ccc3cccc4ccc1c2c34. The fourth-order valence-electron chi connectivity index (χ4n) is 8.30. The highest BCUT2D eigenvalue weighted by molar-refractivity contribution is 6.24. The Bertz CT molecular complexity index is 2300. The van der Waals surface area contributed by atoms with Crippen molar-refractivity contribution in [2.75, 3.05) is 26.2 Å². The van der Waals surface area contributed by atoms with Gasteiger partial charge in [0.15, 0.2) is 0 Å². The van der Waals surface area contributed by atoms with Crippen molar-refractivity contribution in [3.05, 3.63) is 120 Å². The number of amides is 4. The molecular formula is C47H48N4O2. The molecule has 0 spiro atoms. The Hall–Kier alpha value is -5.62. The number of benzene rings is 8. The molecule has 0 atom stereocenters. The predicted octanol–water partition coefficient (Wildman–Crippen LogP) is 10.6. The Kier molecular flexibility index (Phi) is 10.4. The Balaban J connectivity index is 0.661. The number of hydrogen-bond donors (Lipinski definition) is 4. The van der Waals surface area contributed by atoms with Crippen LogP contribution in [0.3, 0.4) is 0 Å². The molecule has 4 N–H and O–H groups in total. The van der Waals surface area contributed by atoms with Gasteiger partial charge in [0.1, 0.15) is 0 Å². The number of hydrogen-bond acceptors (Lipinski definition) is 2. The molecule has 0 bridgehead atoms. The van der Waals surface area contributed by atoms with E-state index in [0.29, 0.717) is 26.2 Å². The standard InChI is InChI=1S/C47H48N4O2/c52-46(50-30-8-14-32-16-18-38-22-20-34-10-6-12-36-24-26-40(32)44(38)42(34)36)48-28-4-2-1-3-5-29-49-47(53)51-31-9-15-33-17-19-39-23-21-35-11-7-13-37-25-27-41(33)45(39)43(35)37/h6-7,10-13,16-27H,1-5,8-9,14-15,28-31H2,(H2,48,50,52)(H2,49,51,53). The molecule has 0 unspecified atom stereocenters. The maximum absolute atomic E-state index is 12.3. The minimum absolute atomic E-state index is 0.0912. The van der Waals surface area contributed by atoms with E-state index in [1.165, 1.54) is 75.8 Å². The molecule has 0 saturated heterocycles. The van der Waals surface area contributed by atoms with Crippen LogP contribution in [-0.4, -0.2) is 38.2 Å². The van der Waals surface area contributed by atoms with Gasteiger partial charge in [-0.15, -0.1) is 0 Å². The van der Waals surface area contributed by atoms with Gasteiger partial charge in [0, 0.05) is 26.2 Å². The van der Waals surface area contributed by atoms with Crippen LogP contribution < -0.4 is 21.3 Å². The van der Waals surface area contributed by atoms with E-state index in [4.69, 9.17) is 0 Å². The lowest BCUT2D eigenvalue weighted by Gasteiger charge is -2.14. The minimum Gasteiger partial charge on any atom is -0.338 e. The monoisotopic (exact) mass is 700 g/mol. The summed E-state index contributed by atoms with van der Waals surface area (Å²) in [4.78, 5) is 24.7. The molecule has 0 radical (unpaired) electrons. The van der Waals surface area contributed by atoms with E-state index in [2.05, 4.69) is 130 Å². The number of aryl methyl sites for hydroxylation is 2. The van der Waals surface area contributed by atoms with Crippen LogP contribution in [0.15, 0.2) is 109 Å². The summed E-state index contributed by atoms with van der Waals surface area (Å²) in [6.45, 7) is 2.65. The van der Waals surface area contributed by atoms with E-state index in [1.54, 1.807) is 0 Å². The first-order valence-electron chi connectivity index (χ1n) is 19.5. The molecule has 268 valence electrons. The fourth-order valence-corrected chi connectivity index (χ4v) is 8.30. The Morgan fingerprint density at radius 1 is 0.340 bits per heavy atom. The summed E-state index contributed by atoms with van der Waals surface area (Å²) in [6.07, 6.45) is 8.76. The molecule has 0 aliphatic rings. The van der Waals surface area contributed by atoms with Crippen molar-refractivity contribution in [1.82, 2.24) is 21.3 Å². The lowest BCUT2D eigenvalue weighted by atomic mass is 9.91. The predicted molar refractivity (Wildman–Crippen MR) is 223 cm³/mol. The van der Waals surface area contributed by atoms with Gasteiger partial charge in [0.05, 0.1) is 0 Å². The largest absolute Gasteiger partial charge is 0.338 e. The van der Waals surface area contributed by atoms with E-state index >= 15 is 0 Å². The Morgan fingerprint density at radius 2 is 0.660 bits per heavy atom. The minimum atomic E-state index is -0.0912. The van der Waals surface area contributed by atoms with Crippen LogP contribution in [0.5, 0.6) is 0 Å². The number of rotatable bonds is 16. The smallest absolute Gasteiger partial charge is 0.314 e. The maximum Gasteiger partial charge on any atom is 0.314 e. The first-order valence-corrected chi connectivity index (χ1v) is 19.5. The average Bonchev–Trinajstić information content (AvgIpc) is 3.19. The topological polar surface area (TPSA) is 82.3 Å². The average molecular weight is 701 g/mol.